The van der Waals surface area contributed by atoms with Crippen LogP contribution in [-0.2, 0) is 14.3 Å². The van der Waals surface area contributed by atoms with Crippen molar-refractivity contribution in [3.8, 4) is 0 Å². The number of rotatable bonds is 10. The van der Waals surface area contributed by atoms with Gasteiger partial charge in [-0.2, -0.15) is 0 Å². The Hall–Kier alpha value is -1.36. The molecule has 0 saturated heterocycles. The number of carboxylic acids is 2. The molecule has 0 aliphatic carbocycles. The first-order valence-electron chi connectivity index (χ1n) is 5.25. The van der Waals surface area contributed by atoms with Crippen molar-refractivity contribution in [3.63, 3.8) is 0 Å². The van der Waals surface area contributed by atoms with Crippen LogP contribution in [0, 0.1) is 0 Å². The third-order valence-corrected chi connectivity index (χ3v) is 2.05. The second-order valence-electron chi connectivity index (χ2n) is 3.44. The molecule has 1 atom stereocenters. The van der Waals surface area contributed by atoms with Crippen molar-refractivity contribution < 1.29 is 24.5 Å². The van der Waals surface area contributed by atoms with Crippen LogP contribution in [0.4, 0.5) is 0 Å². The molecule has 92 valence electrons. The average molecular weight is 230 g/mol. The number of aliphatic carboxylic acids is 2. The predicted octanol–water partition coefficient (Wildman–Crippen LogP) is 1.68. The molecule has 0 aromatic rings. The van der Waals surface area contributed by atoms with Crippen LogP contribution in [-0.4, -0.2) is 34.9 Å². The van der Waals surface area contributed by atoms with Crippen molar-refractivity contribution >= 4 is 11.9 Å². The van der Waals surface area contributed by atoms with Crippen molar-refractivity contribution in [2.75, 3.05) is 6.61 Å². The molecule has 5 nitrogen and oxygen atoms in total. The highest BCUT2D eigenvalue weighted by Crippen LogP contribution is 2.09. The molecule has 2 N–H and O–H groups in total. The second kappa shape index (κ2) is 8.91. The Kier molecular flexibility index (Phi) is 8.15. The molecule has 5 heteroatoms. The van der Waals surface area contributed by atoms with Gasteiger partial charge in [0, 0.05) is 6.42 Å². The van der Waals surface area contributed by atoms with Crippen molar-refractivity contribution in [1.82, 2.24) is 0 Å². The minimum Gasteiger partial charge on any atom is -0.481 e. The van der Waals surface area contributed by atoms with E-state index in [1.165, 1.54) is 6.08 Å². The summed E-state index contributed by atoms with van der Waals surface area (Å²) in [5, 5.41) is 17.2. The first kappa shape index (κ1) is 14.6. The second-order valence-corrected chi connectivity index (χ2v) is 3.44. The molecule has 0 aromatic carbocycles. The molecule has 0 fully saturated rings. The van der Waals surface area contributed by atoms with E-state index in [-0.39, 0.29) is 13.0 Å². The zero-order valence-corrected chi connectivity index (χ0v) is 9.22. The minimum absolute atomic E-state index is 0.130. The number of carboxylic acid groups (broad SMARTS) is 2. The highest BCUT2D eigenvalue weighted by atomic mass is 16.5. The maximum absolute atomic E-state index is 10.7. The van der Waals surface area contributed by atoms with Crippen molar-refractivity contribution in [1.29, 1.82) is 0 Å². The Morgan fingerprint density at radius 3 is 2.44 bits per heavy atom. The van der Waals surface area contributed by atoms with Crippen LogP contribution >= 0.6 is 0 Å². The largest absolute Gasteiger partial charge is 0.481 e. The molecular formula is C11H18O5. The van der Waals surface area contributed by atoms with Crippen LogP contribution in [0.5, 0.6) is 0 Å². The van der Waals surface area contributed by atoms with Gasteiger partial charge in [0.1, 0.15) is 0 Å². The summed E-state index contributed by atoms with van der Waals surface area (Å²) < 4.78 is 5.05. The molecule has 0 aliphatic heterocycles. The molecule has 0 spiro atoms. The fraction of sp³-hybridized carbons (Fsp3) is 0.636. The normalized spacial score (nSPS) is 12.0. The lowest BCUT2D eigenvalue weighted by Crippen LogP contribution is -2.23. The Bertz CT molecular complexity index is 237. The monoisotopic (exact) mass is 230 g/mol. The summed E-state index contributed by atoms with van der Waals surface area (Å²) in [7, 11) is 0. The van der Waals surface area contributed by atoms with E-state index in [1.54, 1.807) is 0 Å². The highest BCUT2D eigenvalue weighted by Gasteiger charge is 2.16. The molecule has 0 aromatic heterocycles. The SMILES string of the molecule is C=CCOC(CCCCCC(=O)O)C(=O)O. The van der Waals surface area contributed by atoms with Crippen molar-refractivity contribution in [2.45, 2.75) is 38.2 Å². The molecule has 0 saturated carbocycles. The zero-order chi connectivity index (χ0) is 12.4. The highest BCUT2D eigenvalue weighted by molar-refractivity contribution is 5.72. The van der Waals surface area contributed by atoms with E-state index < -0.39 is 18.0 Å². The fourth-order valence-electron chi connectivity index (χ4n) is 1.25. The lowest BCUT2D eigenvalue weighted by Gasteiger charge is -2.11. The average Bonchev–Trinajstić information content (AvgIpc) is 2.21. The van der Waals surface area contributed by atoms with Gasteiger partial charge in [-0.25, -0.2) is 4.79 Å². The van der Waals surface area contributed by atoms with Crippen LogP contribution in [0.2, 0.25) is 0 Å². The minimum atomic E-state index is -0.986. The van der Waals surface area contributed by atoms with Gasteiger partial charge in [0.05, 0.1) is 6.61 Å². The fourth-order valence-corrected chi connectivity index (χ4v) is 1.25. The quantitative estimate of drug-likeness (QED) is 0.440. The molecule has 0 heterocycles. The Morgan fingerprint density at radius 2 is 1.94 bits per heavy atom. The van der Waals surface area contributed by atoms with Gasteiger partial charge in [-0.15, -0.1) is 6.58 Å². The Balaban J connectivity index is 3.63. The van der Waals surface area contributed by atoms with E-state index in [1.807, 2.05) is 0 Å². The molecule has 1 unspecified atom stereocenters. The number of unbranched alkanes of at least 4 members (excludes halogenated alkanes) is 2. The van der Waals surface area contributed by atoms with Gasteiger partial charge in [-0.3, -0.25) is 4.79 Å². The topological polar surface area (TPSA) is 83.8 Å². The number of carbonyl (C=O) groups is 2. The van der Waals surface area contributed by atoms with E-state index in [0.717, 1.165) is 0 Å². The third kappa shape index (κ3) is 7.99. The van der Waals surface area contributed by atoms with E-state index in [9.17, 15) is 9.59 Å². The van der Waals surface area contributed by atoms with Gasteiger partial charge in [-0.05, 0) is 12.8 Å². The molecule has 0 rings (SSSR count). The third-order valence-electron chi connectivity index (χ3n) is 2.05. The summed E-state index contributed by atoms with van der Waals surface area (Å²) in [6.45, 7) is 3.65. The number of hydrogen-bond acceptors (Lipinski definition) is 3. The summed E-state index contributed by atoms with van der Waals surface area (Å²) in [5.41, 5.74) is 0. The summed E-state index contributed by atoms with van der Waals surface area (Å²) in [6, 6.07) is 0. The standard InChI is InChI=1S/C11H18O5/c1-2-8-16-9(11(14)15)6-4-3-5-7-10(12)13/h2,9H,1,3-8H2,(H,12,13)(H,14,15). The van der Waals surface area contributed by atoms with Crippen molar-refractivity contribution in [2.24, 2.45) is 0 Å². The summed E-state index contributed by atoms with van der Waals surface area (Å²) >= 11 is 0. The molecule has 0 radical (unpaired) electrons. The first-order chi connectivity index (χ1) is 7.57. The van der Waals surface area contributed by atoms with E-state index in [2.05, 4.69) is 6.58 Å². The summed E-state index contributed by atoms with van der Waals surface area (Å²) in [5.74, 6) is -1.81. The van der Waals surface area contributed by atoms with Crippen molar-refractivity contribution in [3.05, 3.63) is 12.7 Å². The molecule has 16 heavy (non-hydrogen) atoms. The first-order valence-corrected chi connectivity index (χ1v) is 5.25. The van der Waals surface area contributed by atoms with Gasteiger partial charge in [0.25, 0.3) is 0 Å². The van der Waals surface area contributed by atoms with Crippen LogP contribution in [0.3, 0.4) is 0 Å². The van der Waals surface area contributed by atoms with Gasteiger partial charge >= 0.3 is 11.9 Å². The lowest BCUT2D eigenvalue weighted by atomic mass is 10.1. The van der Waals surface area contributed by atoms with E-state index in [0.29, 0.717) is 25.7 Å². The maximum Gasteiger partial charge on any atom is 0.332 e. The predicted molar refractivity (Wildman–Crippen MR) is 58.3 cm³/mol. The van der Waals surface area contributed by atoms with Crippen LogP contribution in [0.25, 0.3) is 0 Å². The number of ether oxygens (including phenoxy) is 1. The van der Waals surface area contributed by atoms with Gasteiger partial charge < -0.3 is 14.9 Å². The maximum atomic E-state index is 10.7. The van der Waals surface area contributed by atoms with Gasteiger partial charge in [-0.1, -0.05) is 18.9 Å². The van der Waals surface area contributed by atoms with Crippen LogP contribution in [0.1, 0.15) is 32.1 Å². The van der Waals surface area contributed by atoms with E-state index >= 15 is 0 Å². The molecular weight excluding hydrogens is 212 g/mol. The Labute approximate surface area is 94.7 Å². The van der Waals surface area contributed by atoms with Crippen LogP contribution in [0.15, 0.2) is 12.7 Å². The van der Waals surface area contributed by atoms with E-state index in [4.69, 9.17) is 14.9 Å². The van der Waals surface area contributed by atoms with Gasteiger partial charge in [0.15, 0.2) is 6.10 Å². The zero-order valence-electron chi connectivity index (χ0n) is 9.22. The van der Waals surface area contributed by atoms with Gasteiger partial charge in [0.2, 0.25) is 0 Å². The number of hydrogen-bond donors (Lipinski definition) is 2. The molecule has 0 bridgehead atoms. The van der Waals surface area contributed by atoms with Crippen LogP contribution < -0.4 is 0 Å². The Morgan fingerprint density at radius 1 is 1.25 bits per heavy atom. The smallest absolute Gasteiger partial charge is 0.332 e. The lowest BCUT2D eigenvalue weighted by molar-refractivity contribution is -0.150. The summed E-state index contributed by atoms with van der Waals surface area (Å²) in [4.78, 5) is 20.9. The molecule has 0 amide bonds. The molecule has 0 aliphatic rings. The summed E-state index contributed by atoms with van der Waals surface area (Å²) in [6.07, 6.45) is 3.15.